The van der Waals surface area contributed by atoms with Crippen molar-refractivity contribution >= 4 is 11.3 Å². The van der Waals surface area contributed by atoms with E-state index in [0.29, 0.717) is 12.5 Å². The molecule has 0 saturated carbocycles. The molecule has 1 atom stereocenters. The third-order valence-corrected chi connectivity index (χ3v) is 3.79. The Labute approximate surface area is 101 Å². The van der Waals surface area contributed by atoms with Crippen molar-refractivity contribution in [3.05, 3.63) is 16.1 Å². The summed E-state index contributed by atoms with van der Waals surface area (Å²) in [6.45, 7) is 5.98. The van der Waals surface area contributed by atoms with Gasteiger partial charge in [0.25, 0.3) is 0 Å². The predicted molar refractivity (Wildman–Crippen MR) is 66.7 cm³/mol. The minimum absolute atomic E-state index is 0.677. The number of hydrogen-bond donors (Lipinski definition) is 1. The van der Waals surface area contributed by atoms with Crippen LogP contribution in [0.15, 0.2) is 5.38 Å². The largest absolute Gasteiger partial charge is 0.375 e. The van der Waals surface area contributed by atoms with Gasteiger partial charge < -0.3 is 10.1 Å². The molecule has 90 valence electrons. The zero-order valence-corrected chi connectivity index (χ0v) is 10.7. The molecule has 0 amide bonds. The van der Waals surface area contributed by atoms with E-state index in [9.17, 15) is 0 Å². The molecule has 1 saturated heterocycles. The van der Waals surface area contributed by atoms with Crippen molar-refractivity contribution in [1.82, 2.24) is 10.3 Å². The van der Waals surface area contributed by atoms with Crippen molar-refractivity contribution in [2.24, 2.45) is 5.92 Å². The average Bonchev–Trinajstić information content (AvgIpc) is 2.90. The van der Waals surface area contributed by atoms with Crippen molar-refractivity contribution in [2.45, 2.75) is 32.8 Å². The molecule has 3 nitrogen and oxygen atoms in total. The van der Waals surface area contributed by atoms with E-state index in [2.05, 4.69) is 22.6 Å². The first-order valence-electron chi connectivity index (χ1n) is 6.10. The lowest BCUT2D eigenvalue weighted by molar-refractivity contribution is 0.0905. The summed E-state index contributed by atoms with van der Waals surface area (Å²) in [7, 11) is 0. The number of nitrogens with one attached hydrogen (secondary N) is 1. The maximum absolute atomic E-state index is 5.70. The molecule has 0 spiro atoms. The lowest BCUT2D eigenvalue weighted by atomic mass is 10.1. The van der Waals surface area contributed by atoms with Crippen LogP contribution in [0, 0.1) is 5.92 Å². The average molecular weight is 240 g/mol. The molecule has 1 aromatic heterocycles. The lowest BCUT2D eigenvalue weighted by Gasteiger charge is -2.07. The van der Waals surface area contributed by atoms with Crippen LogP contribution in [0.5, 0.6) is 0 Å². The second-order valence-electron chi connectivity index (χ2n) is 4.36. The second kappa shape index (κ2) is 6.33. The van der Waals surface area contributed by atoms with Crippen LogP contribution in [0.2, 0.25) is 0 Å². The van der Waals surface area contributed by atoms with Crippen LogP contribution in [0.4, 0.5) is 0 Å². The molecule has 16 heavy (non-hydrogen) atoms. The fourth-order valence-electron chi connectivity index (χ4n) is 1.93. The highest BCUT2D eigenvalue weighted by atomic mass is 32.1. The summed E-state index contributed by atoms with van der Waals surface area (Å²) < 4.78 is 5.70. The number of hydrogen-bond acceptors (Lipinski definition) is 4. The standard InChI is InChI=1S/C12H20N2OS/c1-2-3-12-14-11(9-16-12)8-15-7-10-4-5-13-6-10/h9-10,13H,2-8H2,1H3. The normalized spacial score (nSPS) is 20.4. The van der Waals surface area contributed by atoms with E-state index in [1.54, 1.807) is 11.3 Å². The Bertz CT molecular complexity index is 308. The van der Waals surface area contributed by atoms with Gasteiger partial charge in [0.15, 0.2) is 0 Å². The summed E-state index contributed by atoms with van der Waals surface area (Å²) in [5.74, 6) is 0.703. The van der Waals surface area contributed by atoms with E-state index in [1.165, 1.54) is 17.8 Å². The van der Waals surface area contributed by atoms with Gasteiger partial charge in [-0.05, 0) is 31.7 Å². The Kier molecular flexibility index (Phi) is 4.75. The summed E-state index contributed by atoms with van der Waals surface area (Å²) in [4.78, 5) is 4.54. The summed E-state index contributed by atoms with van der Waals surface area (Å²) >= 11 is 1.75. The molecule has 1 aliphatic rings. The van der Waals surface area contributed by atoms with Crippen molar-refractivity contribution in [3.8, 4) is 0 Å². The fourth-order valence-corrected chi connectivity index (χ4v) is 2.82. The molecule has 1 aliphatic heterocycles. The smallest absolute Gasteiger partial charge is 0.0929 e. The van der Waals surface area contributed by atoms with Gasteiger partial charge in [0.05, 0.1) is 23.9 Å². The van der Waals surface area contributed by atoms with E-state index >= 15 is 0 Å². The Hall–Kier alpha value is -0.450. The van der Waals surface area contributed by atoms with Crippen molar-refractivity contribution < 1.29 is 4.74 Å². The summed E-state index contributed by atoms with van der Waals surface area (Å²) in [5, 5.41) is 6.71. The van der Waals surface area contributed by atoms with Gasteiger partial charge >= 0.3 is 0 Å². The monoisotopic (exact) mass is 240 g/mol. The number of rotatable bonds is 6. The Morgan fingerprint density at radius 3 is 3.31 bits per heavy atom. The molecule has 0 aromatic carbocycles. The van der Waals surface area contributed by atoms with E-state index in [-0.39, 0.29) is 0 Å². The summed E-state index contributed by atoms with van der Waals surface area (Å²) in [6.07, 6.45) is 3.51. The zero-order valence-electron chi connectivity index (χ0n) is 9.87. The number of thiazole rings is 1. The highest BCUT2D eigenvalue weighted by molar-refractivity contribution is 7.09. The highest BCUT2D eigenvalue weighted by Crippen LogP contribution is 2.14. The predicted octanol–water partition coefficient (Wildman–Crippen LogP) is 2.22. The molecule has 0 radical (unpaired) electrons. The van der Waals surface area contributed by atoms with Crippen LogP contribution in [0.25, 0.3) is 0 Å². The van der Waals surface area contributed by atoms with Gasteiger partial charge in [-0.15, -0.1) is 11.3 Å². The molecule has 4 heteroatoms. The highest BCUT2D eigenvalue weighted by Gasteiger charge is 2.14. The van der Waals surface area contributed by atoms with Crippen molar-refractivity contribution in [2.75, 3.05) is 19.7 Å². The molecular formula is C12H20N2OS. The van der Waals surface area contributed by atoms with E-state index in [0.717, 1.165) is 31.8 Å². The molecule has 0 aliphatic carbocycles. The fraction of sp³-hybridized carbons (Fsp3) is 0.750. The molecule has 1 unspecified atom stereocenters. The Morgan fingerprint density at radius 2 is 2.56 bits per heavy atom. The maximum Gasteiger partial charge on any atom is 0.0929 e. The number of aromatic nitrogens is 1. The van der Waals surface area contributed by atoms with Gasteiger partial charge in [0.1, 0.15) is 0 Å². The topological polar surface area (TPSA) is 34.1 Å². The first-order chi connectivity index (χ1) is 7.88. The minimum Gasteiger partial charge on any atom is -0.375 e. The first-order valence-corrected chi connectivity index (χ1v) is 6.98. The zero-order chi connectivity index (χ0) is 11.2. The van der Waals surface area contributed by atoms with Gasteiger partial charge in [-0.2, -0.15) is 0 Å². The first kappa shape index (κ1) is 12.0. The number of aryl methyl sites for hydroxylation is 1. The van der Waals surface area contributed by atoms with Gasteiger partial charge in [-0.25, -0.2) is 4.98 Å². The minimum atomic E-state index is 0.677. The second-order valence-corrected chi connectivity index (χ2v) is 5.30. The third-order valence-electron chi connectivity index (χ3n) is 2.83. The van der Waals surface area contributed by atoms with Crippen LogP contribution < -0.4 is 5.32 Å². The van der Waals surface area contributed by atoms with Crippen molar-refractivity contribution in [3.63, 3.8) is 0 Å². The number of ether oxygens (including phenoxy) is 1. The van der Waals surface area contributed by atoms with Crippen molar-refractivity contribution in [1.29, 1.82) is 0 Å². The van der Waals surface area contributed by atoms with E-state index < -0.39 is 0 Å². The molecule has 1 aromatic rings. The maximum atomic E-state index is 5.70. The quantitative estimate of drug-likeness (QED) is 0.828. The molecular weight excluding hydrogens is 220 g/mol. The SMILES string of the molecule is CCCc1nc(COCC2CCNC2)cs1. The van der Waals surface area contributed by atoms with Crippen LogP contribution in [0.1, 0.15) is 30.5 Å². The third kappa shape index (κ3) is 3.54. The Balaban J connectivity index is 1.67. The van der Waals surface area contributed by atoms with Crippen LogP contribution in [-0.4, -0.2) is 24.7 Å². The van der Waals surface area contributed by atoms with Gasteiger partial charge in [-0.3, -0.25) is 0 Å². The molecule has 2 heterocycles. The molecule has 2 rings (SSSR count). The van der Waals surface area contributed by atoms with Crippen LogP contribution in [0.3, 0.4) is 0 Å². The van der Waals surface area contributed by atoms with E-state index in [4.69, 9.17) is 4.74 Å². The molecule has 0 bridgehead atoms. The molecule has 1 fully saturated rings. The van der Waals surface area contributed by atoms with Gasteiger partial charge in [-0.1, -0.05) is 6.92 Å². The van der Waals surface area contributed by atoms with E-state index in [1.807, 2.05) is 0 Å². The van der Waals surface area contributed by atoms with Gasteiger partial charge in [0.2, 0.25) is 0 Å². The van der Waals surface area contributed by atoms with Gasteiger partial charge in [0, 0.05) is 11.9 Å². The molecule has 1 N–H and O–H groups in total. The van der Waals surface area contributed by atoms with Crippen LogP contribution in [-0.2, 0) is 17.8 Å². The summed E-state index contributed by atoms with van der Waals surface area (Å²) in [6, 6.07) is 0. The lowest BCUT2D eigenvalue weighted by Crippen LogP contribution is -2.13. The Morgan fingerprint density at radius 1 is 1.62 bits per heavy atom. The summed E-state index contributed by atoms with van der Waals surface area (Å²) in [5.41, 5.74) is 1.10. The van der Waals surface area contributed by atoms with Crippen LogP contribution >= 0.6 is 11.3 Å². The number of nitrogens with zero attached hydrogens (tertiary/aromatic N) is 1.